The van der Waals surface area contributed by atoms with Crippen LogP contribution in [0, 0.1) is 0 Å². The third kappa shape index (κ3) is 4.20. The van der Waals surface area contributed by atoms with Gasteiger partial charge in [0.15, 0.2) is 0 Å². The zero-order chi connectivity index (χ0) is 20.3. The second-order valence-electron chi connectivity index (χ2n) is 7.00. The maximum Gasteiger partial charge on any atom is 0.251 e. The molecule has 1 atom stereocenters. The molecule has 0 saturated heterocycles. The molecule has 0 radical (unpaired) electrons. The molecule has 0 aromatic heterocycles. The van der Waals surface area contributed by atoms with Gasteiger partial charge < -0.3 is 10.1 Å². The van der Waals surface area contributed by atoms with E-state index in [-0.39, 0.29) is 28.2 Å². The summed E-state index contributed by atoms with van der Waals surface area (Å²) in [6, 6.07) is 10.6. The molecule has 1 aliphatic rings. The number of sulfonamides is 1. The number of benzene rings is 2. The summed E-state index contributed by atoms with van der Waals surface area (Å²) in [6.07, 6.45) is 4.62. The highest BCUT2D eigenvalue weighted by molar-refractivity contribution is 7.89. The number of hydrogen-bond acceptors (Lipinski definition) is 4. The molecule has 0 spiro atoms. The van der Waals surface area contributed by atoms with E-state index in [0.717, 1.165) is 18.4 Å². The van der Waals surface area contributed by atoms with Crippen LogP contribution in [0.4, 0.5) is 0 Å². The molecular formula is C21H26N2O4S. The van der Waals surface area contributed by atoms with Crippen molar-refractivity contribution in [3.05, 3.63) is 58.7 Å². The molecule has 3 rings (SSSR count). The van der Waals surface area contributed by atoms with Gasteiger partial charge in [-0.05, 0) is 74.5 Å². The average Bonchev–Trinajstić information content (AvgIpc) is 2.72. The van der Waals surface area contributed by atoms with Crippen LogP contribution in [0.3, 0.4) is 0 Å². The molecule has 0 fully saturated rings. The van der Waals surface area contributed by atoms with E-state index in [2.05, 4.69) is 28.2 Å². The highest BCUT2D eigenvalue weighted by Gasteiger charge is 2.21. The summed E-state index contributed by atoms with van der Waals surface area (Å²) in [5.74, 6) is -0.144. The molecule has 2 aromatic carbocycles. The predicted molar refractivity (Wildman–Crippen MR) is 108 cm³/mol. The number of hydrogen-bond donors (Lipinski definition) is 2. The van der Waals surface area contributed by atoms with Gasteiger partial charge in [0.05, 0.1) is 13.2 Å². The van der Waals surface area contributed by atoms with E-state index in [1.807, 2.05) is 6.92 Å². The fourth-order valence-corrected chi connectivity index (χ4v) is 4.44. The van der Waals surface area contributed by atoms with E-state index in [1.54, 1.807) is 6.07 Å². The van der Waals surface area contributed by atoms with Crippen molar-refractivity contribution < 1.29 is 17.9 Å². The van der Waals surface area contributed by atoms with Crippen molar-refractivity contribution in [3.63, 3.8) is 0 Å². The number of amides is 1. The summed E-state index contributed by atoms with van der Waals surface area (Å²) in [5.41, 5.74) is 4.06. The zero-order valence-corrected chi connectivity index (χ0v) is 17.2. The van der Waals surface area contributed by atoms with E-state index >= 15 is 0 Å². The van der Waals surface area contributed by atoms with Crippen LogP contribution in [-0.4, -0.2) is 28.5 Å². The van der Waals surface area contributed by atoms with Gasteiger partial charge in [-0.15, -0.1) is 0 Å². The number of carbonyl (C=O) groups excluding carboxylic acids is 1. The number of rotatable bonds is 6. The number of fused-ring (bicyclic) bond motifs is 1. The van der Waals surface area contributed by atoms with Crippen LogP contribution in [0.15, 0.2) is 41.3 Å². The molecule has 1 unspecified atom stereocenters. The SMILES string of the molecule is CNS(=O)(=O)c1cc(C(=O)NC(C)c2ccc3c(c2)CCCC3)ccc1OC. The maximum atomic E-state index is 12.7. The van der Waals surface area contributed by atoms with Gasteiger partial charge in [-0.25, -0.2) is 13.1 Å². The first kappa shape index (κ1) is 20.4. The van der Waals surface area contributed by atoms with Crippen molar-refractivity contribution in [2.24, 2.45) is 0 Å². The monoisotopic (exact) mass is 402 g/mol. The van der Waals surface area contributed by atoms with Crippen LogP contribution in [0.2, 0.25) is 0 Å². The molecular weight excluding hydrogens is 376 g/mol. The van der Waals surface area contributed by atoms with Crippen LogP contribution in [0.25, 0.3) is 0 Å². The number of carbonyl (C=O) groups is 1. The number of methoxy groups -OCH3 is 1. The molecule has 2 N–H and O–H groups in total. The molecule has 150 valence electrons. The molecule has 7 heteroatoms. The molecule has 0 saturated carbocycles. The van der Waals surface area contributed by atoms with E-state index in [0.29, 0.717) is 0 Å². The Morgan fingerprint density at radius 1 is 1.07 bits per heavy atom. The highest BCUT2D eigenvalue weighted by Crippen LogP contribution is 2.27. The Hall–Kier alpha value is -2.38. The Balaban J connectivity index is 1.82. The number of ether oxygens (including phenoxy) is 1. The summed E-state index contributed by atoms with van der Waals surface area (Å²) < 4.78 is 31.8. The molecule has 0 bridgehead atoms. The molecule has 1 amide bonds. The van der Waals surface area contributed by atoms with Gasteiger partial charge in [0.2, 0.25) is 10.0 Å². The Morgan fingerprint density at radius 2 is 1.79 bits per heavy atom. The van der Waals surface area contributed by atoms with Gasteiger partial charge in [0.1, 0.15) is 10.6 Å². The standard InChI is InChI=1S/C21H26N2O4S/c1-14(16-9-8-15-6-4-5-7-17(15)12-16)23-21(24)18-10-11-19(27-3)20(13-18)28(25,26)22-2/h8-14,22H,4-7H2,1-3H3,(H,23,24). The molecule has 0 aliphatic heterocycles. The first-order valence-electron chi connectivity index (χ1n) is 9.40. The van der Waals surface area contributed by atoms with E-state index in [1.165, 1.54) is 50.3 Å². The van der Waals surface area contributed by atoms with Crippen molar-refractivity contribution >= 4 is 15.9 Å². The van der Waals surface area contributed by atoms with E-state index in [4.69, 9.17) is 4.74 Å². The normalized spacial score (nSPS) is 14.8. The van der Waals surface area contributed by atoms with Crippen molar-refractivity contribution in [1.29, 1.82) is 0 Å². The van der Waals surface area contributed by atoms with Crippen molar-refractivity contribution in [1.82, 2.24) is 10.0 Å². The summed E-state index contributed by atoms with van der Waals surface area (Å²) in [7, 11) is -1.03. The zero-order valence-electron chi connectivity index (χ0n) is 16.4. The van der Waals surface area contributed by atoms with Gasteiger partial charge in [0.25, 0.3) is 5.91 Å². The first-order valence-corrected chi connectivity index (χ1v) is 10.9. The molecule has 0 heterocycles. The van der Waals surface area contributed by atoms with Gasteiger partial charge >= 0.3 is 0 Å². The van der Waals surface area contributed by atoms with Crippen LogP contribution in [0.5, 0.6) is 5.75 Å². The van der Waals surface area contributed by atoms with Gasteiger partial charge in [0, 0.05) is 5.56 Å². The molecule has 2 aromatic rings. The number of nitrogens with one attached hydrogen (secondary N) is 2. The fraction of sp³-hybridized carbons (Fsp3) is 0.381. The molecule has 28 heavy (non-hydrogen) atoms. The van der Waals surface area contributed by atoms with Crippen molar-refractivity contribution in [2.45, 2.75) is 43.5 Å². The first-order chi connectivity index (χ1) is 13.4. The topological polar surface area (TPSA) is 84.5 Å². The van der Waals surface area contributed by atoms with Gasteiger partial charge in [-0.1, -0.05) is 18.2 Å². The second kappa shape index (κ2) is 8.32. The second-order valence-corrected chi connectivity index (χ2v) is 8.86. The summed E-state index contributed by atoms with van der Waals surface area (Å²) >= 11 is 0. The Morgan fingerprint density at radius 3 is 2.46 bits per heavy atom. The third-order valence-corrected chi connectivity index (χ3v) is 6.64. The summed E-state index contributed by atoms with van der Waals surface area (Å²) in [6.45, 7) is 1.93. The van der Waals surface area contributed by atoms with Crippen LogP contribution in [-0.2, 0) is 22.9 Å². The lowest BCUT2D eigenvalue weighted by Gasteiger charge is -2.20. The smallest absolute Gasteiger partial charge is 0.251 e. The van der Waals surface area contributed by atoms with Gasteiger partial charge in [-0.3, -0.25) is 4.79 Å². The Kier molecular flexibility index (Phi) is 6.05. The predicted octanol–water partition coefficient (Wildman–Crippen LogP) is 2.97. The van der Waals surface area contributed by atoms with E-state index < -0.39 is 10.0 Å². The maximum absolute atomic E-state index is 12.7. The lowest BCUT2D eigenvalue weighted by Crippen LogP contribution is -2.27. The Bertz CT molecular complexity index is 986. The summed E-state index contributed by atoms with van der Waals surface area (Å²) in [4.78, 5) is 12.7. The quantitative estimate of drug-likeness (QED) is 0.778. The lowest BCUT2D eigenvalue weighted by molar-refractivity contribution is 0.0939. The van der Waals surface area contributed by atoms with Crippen LogP contribution in [0.1, 0.15) is 52.9 Å². The molecule has 6 nitrogen and oxygen atoms in total. The minimum absolute atomic E-state index is 0.0633. The number of aryl methyl sites for hydroxylation is 2. The van der Waals surface area contributed by atoms with Crippen LogP contribution >= 0.6 is 0 Å². The Labute approximate surface area is 166 Å². The van der Waals surface area contributed by atoms with Crippen molar-refractivity contribution in [2.75, 3.05) is 14.2 Å². The minimum Gasteiger partial charge on any atom is -0.495 e. The fourth-order valence-electron chi connectivity index (χ4n) is 3.52. The lowest BCUT2D eigenvalue weighted by atomic mass is 9.89. The largest absolute Gasteiger partial charge is 0.495 e. The highest BCUT2D eigenvalue weighted by atomic mass is 32.2. The summed E-state index contributed by atoms with van der Waals surface area (Å²) in [5, 5.41) is 2.96. The van der Waals surface area contributed by atoms with Crippen LogP contribution < -0.4 is 14.8 Å². The third-order valence-electron chi connectivity index (χ3n) is 5.20. The average molecular weight is 403 g/mol. The van der Waals surface area contributed by atoms with Crippen molar-refractivity contribution in [3.8, 4) is 5.75 Å². The van der Waals surface area contributed by atoms with E-state index in [9.17, 15) is 13.2 Å². The molecule has 1 aliphatic carbocycles. The van der Waals surface area contributed by atoms with Gasteiger partial charge in [-0.2, -0.15) is 0 Å². The minimum atomic E-state index is -3.74.